The Morgan fingerprint density at radius 3 is 2.35 bits per heavy atom. The number of rotatable bonds is 2. The van der Waals surface area contributed by atoms with E-state index >= 15 is 0 Å². The molecule has 20 heavy (non-hydrogen) atoms. The van der Waals surface area contributed by atoms with Crippen LogP contribution in [0.1, 0.15) is 13.8 Å². The zero-order chi connectivity index (χ0) is 15.0. The number of aryl methyl sites for hydroxylation is 1. The van der Waals surface area contributed by atoms with Crippen molar-refractivity contribution in [1.82, 2.24) is 18.9 Å². The average Bonchev–Trinajstić information content (AvgIpc) is 2.77. The summed E-state index contributed by atoms with van der Waals surface area (Å²) in [6.45, 7) is 3.91. The monoisotopic (exact) mass is 281 g/mol. The highest BCUT2D eigenvalue weighted by molar-refractivity contribution is 5.91. The van der Waals surface area contributed by atoms with Crippen molar-refractivity contribution in [2.45, 2.75) is 26.9 Å². The summed E-state index contributed by atoms with van der Waals surface area (Å²) in [4.78, 5) is 36.0. The van der Waals surface area contributed by atoms with Crippen molar-refractivity contribution >= 4 is 22.9 Å². The minimum Gasteiger partial charge on any atom is -0.451 e. The second-order valence-electron chi connectivity index (χ2n) is 4.04. The fourth-order valence-electron chi connectivity index (χ4n) is 2.06. The van der Waals surface area contributed by atoms with Crippen molar-refractivity contribution in [3.63, 3.8) is 0 Å². The zero-order valence-electron chi connectivity index (χ0n) is 11.4. The highest BCUT2D eigenvalue weighted by atomic mass is 16.5. The fraction of sp³-hybridized carbons (Fsp3) is 0.455. The zero-order valence-corrected chi connectivity index (χ0v) is 11.4. The molecule has 0 atom stereocenters. The van der Waals surface area contributed by atoms with Crippen molar-refractivity contribution in [1.29, 1.82) is 0 Å². The Balaban J connectivity index is 3.02. The Bertz CT molecular complexity index is 798. The third-order valence-electron chi connectivity index (χ3n) is 3.06. The number of carbonyl (C=O) groups is 1. The van der Waals surface area contributed by atoms with Gasteiger partial charge < -0.3 is 10.5 Å². The third-order valence-corrected chi connectivity index (χ3v) is 3.06. The summed E-state index contributed by atoms with van der Waals surface area (Å²) in [5.41, 5.74) is 4.81. The highest BCUT2D eigenvalue weighted by Gasteiger charge is 2.22. The van der Waals surface area contributed by atoms with Gasteiger partial charge in [0.25, 0.3) is 5.56 Å². The molecule has 2 aromatic heterocycles. The molecule has 0 fully saturated rings. The molecule has 0 aliphatic carbocycles. The van der Waals surface area contributed by atoms with Crippen LogP contribution < -0.4 is 17.0 Å². The number of methoxy groups -OCH3 is 1. The average molecular weight is 281 g/mol. The van der Waals surface area contributed by atoms with Crippen LogP contribution in [-0.2, 0) is 17.8 Å². The van der Waals surface area contributed by atoms with E-state index in [0.29, 0.717) is 6.54 Å². The molecular formula is C11H15N5O4. The van der Waals surface area contributed by atoms with Gasteiger partial charge in [0.1, 0.15) is 11.2 Å². The van der Waals surface area contributed by atoms with Crippen LogP contribution in [-0.4, -0.2) is 32.1 Å². The summed E-state index contributed by atoms with van der Waals surface area (Å²) in [5, 5.41) is 3.96. The number of fused-ring (bicyclic) bond motifs is 1. The molecule has 0 spiro atoms. The SMILES string of the molecule is CCn1c(=O)c2c(N)n(C(=O)OC)nc2n(CC)c1=O. The molecule has 108 valence electrons. The molecule has 0 bridgehead atoms. The first-order valence-electron chi connectivity index (χ1n) is 6.08. The Hall–Kier alpha value is -2.58. The molecule has 0 radical (unpaired) electrons. The number of hydrogen-bond donors (Lipinski definition) is 1. The van der Waals surface area contributed by atoms with Crippen molar-refractivity contribution in [3.8, 4) is 0 Å². The summed E-state index contributed by atoms with van der Waals surface area (Å²) in [7, 11) is 1.17. The van der Waals surface area contributed by atoms with Crippen LogP contribution in [0.2, 0.25) is 0 Å². The third kappa shape index (κ3) is 1.70. The van der Waals surface area contributed by atoms with Gasteiger partial charge in [0.15, 0.2) is 5.65 Å². The lowest BCUT2D eigenvalue weighted by Crippen LogP contribution is -2.39. The maximum Gasteiger partial charge on any atom is 0.436 e. The smallest absolute Gasteiger partial charge is 0.436 e. The lowest BCUT2D eigenvalue weighted by atomic mass is 10.3. The van der Waals surface area contributed by atoms with Gasteiger partial charge in [-0.15, -0.1) is 9.78 Å². The first-order chi connectivity index (χ1) is 9.47. The second kappa shape index (κ2) is 4.83. The number of nitrogens with two attached hydrogens (primary N) is 1. The molecule has 2 rings (SSSR count). The Labute approximate surface area is 113 Å². The first-order valence-corrected chi connectivity index (χ1v) is 6.08. The summed E-state index contributed by atoms with van der Waals surface area (Å²) in [6, 6.07) is 0. The Morgan fingerprint density at radius 1 is 1.25 bits per heavy atom. The van der Waals surface area contributed by atoms with Crippen molar-refractivity contribution < 1.29 is 9.53 Å². The number of nitrogen functional groups attached to an aromatic ring is 1. The molecule has 0 aliphatic rings. The Morgan fingerprint density at radius 2 is 1.85 bits per heavy atom. The van der Waals surface area contributed by atoms with Gasteiger partial charge in [-0.05, 0) is 13.8 Å². The first kappa shape index (κ1) is 13.8. The van der Waals surface area contributed by atoms with Crippen molar-refractivity contribution in [2.75, 3.05) is 12.8 Å². The van der Waals surface area contributed by atoms with Crippen LogP contribution >= 0.6 is 0 Å². The topological polar surface area (TPSA) is 114 Å². The number of hydrogen-bond acceptors (Lipinski definition) is 6. The second-order valence-corrected chi connectivity index (χ2v) is 4.04. The summed E-state index contributed by atoms with van der Waals surface area (Å²) < 4.78 is 7.64. The van der Waals surface area contributed by atoms with E-state index in [1.54, 1.807) is 13.8 Å². The lowest BCUT2D eigenvalue weighted by Gasteiger charge is -2.07. The predicted octanol–water partition coefficient (Wildman–Crippen LogP) is -0.404. The summed E-state index contributed by atoms with van der Waals surface area (Å²) >= 11 is 0. The minimum atomic E-state index is -0.823. The van der Waals surface area contributed by atoms with E-state index in [0.717, 1.165) is 9.25 Å². The van der Waals surface area contributed by atoms with Gasteiger partial charge in [-0.3, -0.25) is 13.9 Å². The largest absolute Gasteiger partial charge is 0.451 e. The maximum absolute atomic E-state index is 12.3. The van der Waals surface area contributed by atoms with Gasteiger partial charge in [0.05, 0.1) is 7.11 Å². The number of nitrogens with zero attached hydrogens (tertiary/aromatic N) is 4. The highest BCUT2D eigenvalue weighted by Crippen LogP contribution is 2.15. The molecule has 9 nitrogen and oxygen atoms in total. The normalized spacial score (nSPS) is 10.9. The molecular weight excluding hydrogens is 266 g/mol. The van der Waals surface area contributed by atoms with Crippen LogP contribution in [0.15, 0.2) is 9.59 Å². The molecule has 2 heterocycles. The van der Waals surface area contributed by atoms with E-state index in [2.05, 4.69) is 9.84 Å². The van der Waals surface area contributed by atoms with E-state index in [1.165, 1.54) is 11.7 Å². The molecule has 0 unspecified atom stereocenters. The molecule has 2 aromatic rings. The van der Waals surface area contributed by atoms with Crippen molar-refractivity contribution in [3.05, 3.63) is 20.8 Å². The Kier molecular flexibility index (Phi) is 3.35. The van der Waals surface area contributed by atoms with Gasteiger partial charge in [0, 0.05) is 13.1 Å². The number of ether oxygens (including phenoxy) is 1. The molecule has 2 N–H and O–H groups in total. The number of anilines is 1. The fourth-order valence-corrected chi connectivity index (χ4v) is 2.06. The number of aromatic nitrogens is 4. The van der Waals surface area contributed by atoms with Gasteiger partial charge in [-0.25, -0.2) is 9.59 Å². The van der Waals surface area contributed by atoms with Crippen LogP contribution in [0.4, 0.5) is 10.6 Å². The van der Waals surface area contributed by atoms with Gasteiger partial charge >= 0.3 is 11.8 Å². The molecule has 0 saturated heterocycles. The van der Waals surface area contributed by atoms with Gasteiger partial charge in [-0.1, -0.05) is 0 Å². The maximum atomic E-state index is 12.3. The van der Waals surface area contributed by atoms with E-state index < -0.39 is 17.3 Å². The summed E-state index contributed by atoms with van der Waals surface area (Å²) in [6.07, 6.45) is -0.823. The molecule has 0 aromatic carbocycles. The molecule has 0 aliphatic heterocycles. The van der Waals surface area contributed by atoms with E-state index in [4.69, 9.17) is 5.73 Å². The standard InChI is InChI=1S/C11H15N5O4/c1-4-14-8-6(9(17)15(5-2)10(14)18)7(12)16(13-8)11(19)20-3/h4-5,12H2,1-3H3. The van der Waals surface area contributed by atoms with Crippen LogP contribution in [0.25, 0.3) is 11.0 Å². The van der Waals surface area contributed by atoms with Crippen LogP contribution in [0.3, 0.4) is 0 Å². The van der Waals surface area contributed by atoms with Crippen molar-refractivity contribution in [2.24, 2.45) is 0 Å². The molecule has 9 heteroatoms. The lowest BCUT2D eigenvalue weighted by molar-refractivity contribution is 0.170. The molecule has 0 amide bonds. The number of carbonyl (C=O) groups excluding carboxylic acids is 1. The predicted molar refractivity (Wildman–Crippen MR) is 71.8 cm³/mol. The van der Waals surface area contributed by atoms with E-state index in [9.17, 15) is 14.4 Å². The van der Waals surface area contributed by atoms with E-state index in [1.807, 2.05) is 0 Å². The van der Waals surface area contributed by atoms with E-state index in [-0.39, 0.29) is 23.4 Å². The quantitative estimate of drug-likeness (QED) is 0.800. The minimum absolute atomic E-state index is 0.0405. The van der Waals surface area contributed by atoms with Crippen LogP contribution in [0.5, 0.6) is 0 Å². The molecule has 0 saturated carbocycles. The van der Waals surface area contributed by atoms with Gasteiger partial charge in [-0.2, -0.15) is 0 Å². The van der Waals surface area contributed by atoms with Crippen LogP contribution in [0, 0.1) is 0 Å². The van der Waals surface area contributed by atoms with Gasteiger partial charge in [0.2, 0.25) is 0 Å². The summed E-state index contributed by atoms with van der Waals surface area (Å²) in [5.74, 6) is -0.138.